The van der Waals surface area contributed by atoms with E-state index in [1.54, 1.807) is 0 Å². The van der Waals surface area contributed by atoms with E-state index in [9.17, 15) is 0 Å². The zero-order valence-corrected chi connectivity index (χ0v) is 12.4. The van der Waals surface area contributed by atoms with Gasteiger partial charge in [-0.1, -0.05) is 13.3 Å². The van der Waals surface area contributed by atoms with Crippen molar-refractivity contribution in [2.45, 2.75) is 64.1 Å². The molecule has 0 spiro atoms. The van der Waals surface area contributed by atoms with Gasteiger partial charge in [0.2, 0.25) is 0 Å². The summed E-state index contributed by atoms with van der Waals surface area (Å²) >= 11 is 0. The maximum Gasteiger partial charge on any atom is 0.0224 e. The molecular formula is C15H31N3. The van der Waals surface area contributed by atoms with Gasteiger partial charge in [0.25, 0.3) is 0 Å². The van der Waals surface area contributed by atoms with E-state index < -0.39 is 0 Å². The first-order valence-electron chi connectivity index (χ1n) is 7.81. The first-order valence-corrected chi connectivity index (χ1v) is 7.81. The Hall–Kier alpha value is -0.120. The lowest BCUT2D eigenvalue weighted by Gasteiger charge is -2.47. The minimum Gasteiger partial charge on any atom is -0.329 e. The first kappa shape index (κ1) is 14.3. The van der Waals surface area contributed by atoms with Crippen LogP contribution in [-0.4, -0.2) is 54.6 Å². The Balaban J connectivity index is 1.95. The summed E-state index contributed by atoms with van der Waals surface area (Å²) in [4.78, 5) is 5.24. The van der Waals surface area contributed by atoms with Crippen LogP contribution in [0.4, 0.5) is 0 Å². The first-order chi connectivity index (χ1) is 8.65. The van der Waals surface area contributed by atoms with Crippen LogP contribution in [0.3, 0.4) is 0 Å². The van der Waals surface area contributed by atoms with Gasteiger partial charge in [0.15, 0.2) is 0 Å². The van der Waals surface area contributed by atoms with Crippen molar-refractivity contribution in [3.8, 4) is 0 Å². The molecule has 0 aromatic heterocycles. The minimum absolute atomic E-state index is 0.643. The van der Waals surface area contributed by atoms with Gasteiger partial charge in [-0.15, -0.1) is 0 Å². The molecule has 106 valence electrons. The molecule has 2 N–H and O–H groups in total. The molecule has 2 saturated heterocycles. The fourth-order valence-corrected chi connectivity index (χ4v) is 3.80. The molecule has 4 atom stereocenters. The molecule has 0 saturated carbocycles. The van der Waals surface area contributed by atoms with Crippen molar-refractivity contribution in [3.05, 3.63) is 0 Å². The fraction of sp³-hybridized carbons (Fsp3) is 1.00. The highest BCUT2D eigenvalue weighted by Gasteiger charge is 2.34. The van der Waals surface area contributed by atoms with Crippen LogP contribution in [0.1, 0.15) is 46.0 Å². The Morgan fingerprint density at radius 3 is 2.56 bits per heavy atom. The predicted molar refractivity (Wildman–Crippen MR) is 77.7 cm³/mol. The van der Waals surface area contributed by atoms with Gasteiger partial charge < -0.3 is 10.6 Å². The molecule has 0 aliphatic carbocycles. The molecule has 18 heavy (non-hydrogen) atoms. The van der Waals surface area contributed by atoms with E-state index in [1.807, 2.05) is 0 Å². The molecule has 0 aromatic carbocycles. The predicted octanol–water partition coefficient (Wildman–Crippen LogP) is 1.92. The van der Waals surface area contributed by atoms with Gasteiger partial charge in [-0.2, -0.15) is 0 Å². The Morgan fingerprint density at radius 2 is 1.94 bits per heavy atom. The van der Waals surface area contributed by atoms with Crippen LogP contribution >= 0.6 is 0 Å². The number of rotatable bonds is 3. The quantitative estimate of drug-likeness (QED) is 0.834. The van der Waals surface area contributed by atoms with Crippen molar-refractivity contribution >= 4 is 0 Å². The van der Waals surface area contributed by atoms with E-state index in [0.29, 0.717) is 6.04 Å². The summed E-state index contributed by atoms with van der Waals surface area (Å²) in [5.74, 6) is 0.915. The summed E-state index contributed by atoms with van der Waals surface area (Å²) < 4.78 is 0. The Morgan fingerprint density at radius 1 is 1.17 bits per heavy atom. The van der Waals surface area contributed by atoms with Crippen molar-refractivity contribution in [2.24, 2.45) is 11.7 Å². The number of nitrogens with two attached hydrogens (primary N) is 1. The van der Waals surface area contributed by atoms with Gasteiger partial charge in [0.05, 0.1) is 0 Å². The van der Waals surface area contributed by atoms with E-state index in [2.05, 4.69) is 30.7 Å². The second-order valence-corrected chi connectivity index (χ2v) is 6.43. The largest absolute Gasteiger partial charge is 0.329 e. The van der Waals surface area contributed by atoms with Crippen molar-refractivity contribution in [1.82, 2.24) is 9.80 Å². The highest BCUT2D eigenvalue weighted by molar-refractivity contribution is 4.90. The molecular weight excluding hydrogens is 222 g/mol. The second-order valence-electron chi connectivity index (χ2n) is 6.43. The number of nitrogens with zero attached hydrogens (tertiary/aromatic N) is 2. The zero-order valence-electron chi connectivity index (χ0n) is 12.4. The Kier molecular flexibility index (Phi) is 5.05. The van der Waals surface area contributed by atoms with E-state index in [-0.39, 0.29) is 0 Å². The third-order valence-corrected chi connectivity index (χ3v) is 5.37. The lowest BCUT2D eigenvalue weighted by atomic mass is 9.86. The molecule has 0 radical (unpaired) electrons. The summed E-state index contributed by atoms with van der Waals surface area (Å²) in [6, 6.07) is 2.15. The molecule has 2 rings (SSSR count). The van der Waals surface area contributed by atoms with Gasteiger partial charge in [0, 0.05) is 24.7 Å². The summed E-state index contributed by atoms with van der Waals surface area (Å²) in [5, 5.41) is 0. The average Bonchev–Trinajstić information content (AvgIpc) is 2.41. The van der Waals surface area contributed by atoms with E-state index in [0.717, 1.165) is 24.5 Å². The lowest BCUT2D eigenvalue weighted by Crippen LogP contribution is -2.55. The third kappa shape index (κ3) is 3.06. The summed E-state index contributed by atoms with van der Waals surface area (Å²) in [5.41, 5.74) is 6.03. The van der Waals surface area contributed by atoms with Gasteiger partial charge >= 0.3 is 0 Å². The summed E-state index contributed by atoms with van der Waals surface area (Å²) in [7, 11) is 2.25. The van der Waals surface area contributed by atoms with Crippen molar-refractivity contribution in [2.75, 3.05) is 26.7 Å². The highest BCUT2D eigenvalue weighted by Crippen LogP contribution is 2.30. The summed E-state index contributed by atoms with van der Waals surface area (Å²) in [6.45, 7) is 8.06. The third-order valence-electron chi connectivity index (χ3n) is 5.37. The average molecular weight is 253 g/mol. The molecule has 0 aromatic rings. The van der Waals surface area contributed by atoms with Crippen LogP contribution in [0.15, 0.2) is 0 Å². The number of hydrogen-bond donors (Lipinski definition) is 1. The van der Waals surface area contributed by atoms with Crippen LogP contribution in [-0.2, 0) is 0 Å². The topological polar surface area (TPSA) is 32.5 Å². The van der Waals surface area contributed by atoms with Crippen molar-refractivity contribution < 1.29 is 0 Å². The molecule has 4 unspecified atom stereocenters. The van der Waals surface area contributed by atoms with Gasteiger partial charge in [-0.3, -0.25) is 4.90 Å². The van der Waals surface area contributed by atoms with Gasteiger partial charge in [0.1, 0.15) is 0 Å². The van der Waals surface area contributed by atoms with E-state index in [1.165, 1.54) is 45.2 Å². The van der Waals surface area contributed by atoms with Crippen LogP contribution < -0.4 is 5.73 Å². The van der Waals surface area contributed by atoms with Gasteiger partial charge in [-0.25, -0.2) is 0 Å². The fourth-order valence-electron chi connectivity index (χ4n) is 3.80. The monoisotopic (exact) mass is 253 g/mol. The number of likely N-dealkylation sites (tertiary alicyclic amines) is 2. The number of hydrogen-bond acceptors (Lipinski definition) is 3. The molecule has 0 bridgehead atoms. The summed E-state index contributed by atoms with van der Waals surface area (Å²) in [6.07, 6.45) is 6.69. The standard InChI is InChI=1S/C15H31N3/c1-4-13-5-8-18(15(10-13)11-16)14-6-7-17(3)12(2)9-14/h12-15H,4-11,16H2,1-3H3. The van der Waals surface area contributed by atoms with E-state index >= 15 is 0 Å². The molecule has 3 heteroatoms. The van der Waals surface area contributed by atoms with Crippen molar-refractivity contribution in [3.63, 3.8) is 0 Å². The molecule has 3 nitrogen and oxygen atoms in total. The number of piperidine rings is 2. The highest BCUT2D eigenvalue weighted by atomic mass is 15.2. The van der Waals surface area contributed by atoms with Crippen LogP contribution in [0.25, 0.3) is 0 Å². The molecule has 2 heterocycles. The lowest BCUT2D eigenvalue weighted by molar-refractivity contribution is 0.0249. The normalized spacial score (nSPS) is 40.0. The van der Waals surface area contributed by atoms with E-state index in [4.69, 9.17) is 5.73 Å². The SMILES string of the molecule is CCC1CCN(C2CCN(C)C(C)C2)C(CN)C1. The minimum atomic E-state index is 0.643. The van der Waals surface area contributed by atoms with Crippen LogP contribution in [0.2, 0.25) is 0 Å². The van der Waals surface area contributed by atoms with Crippen LogP contribution in [0.5, 0.6) is 0 Å². The second kappa shape index (κ2) is 6.36. The molecule has 2 aliphatic heterocycles. The van der Waals surface area contributed by atoms with Crippen molar-refractivity contribution in [1.29, 1.82) is 0 Å². The van der Waals surface area contributed by atoms with Gasteiger partial charge in [-0.05, 0) is 58.7 Å². The zero-order chi connectivity index (χ0) is 13.1. The van der Waals surface area contributed by atoms with Crippen LogP contribution in [0, 0.1) is 5.92 Å². The molecule has 2 fully saturated rings. The molecule has 0 amide bonds. The Labute approximate surface area is 113 Å². The smallest absolute Gasteiger partial charge is 0.0224 e. The maximum absolute atomic E-state index is 6.03. The molecule has 2 aliphatic rings. The Bertz CT molecular complexity index is 256. The maximum atomic E-state index is 6.03.